The van der Waals surface area contributed by atoms with Gasteiger partial charge in [-0.2, -0.15) is 0 Å². The molecule has 3 aromatic rings. The lowest BCUT2D eigenvalue weighted by Crippen LogP contribution is -2.23. The van der Waals surface area contributed by atoms with Crippen molar-refractivity contribution in [2.45, 2.75) is 84.2 Å². The van der Waals surface area contributed by atoms with Crippen LogP contribution < -0.4 is 9.47 Å². The number of hydrogen-bond donors (Lipinski definition) is 0. The molecule has 4 rings (SSSR count). The first kappa shape index (κ1) is 29.5. The van der Waals surface area contributed by atoms with E-state index in [1.807, 2.05) is 0 Å². The number of imidazole rings is 1. The van der Waals surface area contributed by atoms with E-state index in [1.54, 1.807) is 37.7 Å². The molecule has 1 atom stereocenters. The van der Waals surface area contributed by atoms with Crippen molar-refractivity contribution in [1.29, 1.82) is 0 Å². The van der Waals surface area contributed by atoms with Crippen molar-refractivity contribution in [3.8, 4) is 11.5 Å². The first-order chi connectivity index (χ1) is 19.2. The van der Waals surface area contributed by atoms with Gasteiger partial charge in [-0.05, 0) is 25.5 Å². The number of amides is 1. The number of nitrogens with zero attached hydrogens (tertiary/aromatic N) is 3. The monoisotopic (exact) mass is 555 g/mol. The highest BCUT2D eigenvalue weighted by molar-refractivity contribution is 6.01. The maximum Gasteiger partial charge on any atom is 0.253 e. The standard InChI is InChI=1S/C31H39F2N3O4/c1-5-6-7-8-9-10-11-12-13-28(37)36-20(2)34-30-24(36)16-21(31(38)35(3)4)17-27(30)40-25-14-15-39-26-19-22(32)18-23(33)29(25)26/h16-19,25H,5-15H2,1-4H3/t25-/m0/s1. The minimum absolute atomic E-state index is 0.0905. The van der Waals surface area contributed by atoms with Gasteiger partial charge in [0.05, 0.1) is 17.7 Å². The Balaban J connectivity index is 1.61. The van der Waals surface area contributed by atoms with Crippen molar-refractivity contribution in [3.05, 3.63) is 52.9 Å². The van der Waals surface area contributed by atoms with Crippen LogP contribution in [0.4, 0.5) is 8.78 Å². The average Bonchev–Trinajstić information content (AvgIpc) is 3.25. The minimum Gasteiger partial charge on any atom is -0.493 e. The predicted molar refractivity (Wildman–Crippen MR) is 150 cm³/mol. The smallest absolute Gasteiger partial charge is 0.253 e. The number of unbranched alkanes of at least 4 members (excludes halogenated alkanes) is 7. The van der Waals surface area contributed by atoms with Crippen molar-refractivity contribution in [2.75, 3.05) is 20.7 Å². The molecular weight excluding hydrogens is 516 g/mol. The second kappa shape index (κ2) is 13.2. The summed E-state index contributed by atoms with van der Waals surface area (Å²) in [5, 5.41) is 0. The zero-order valence-electron chi connectivity index (χ0n) is 23.9. The Hall–Kier alpha value is -3.49. The van der Waals surface area contributed by atoms with Crippen LogP contribution in [0.1, 0.15) is 104 Å². The summed E-state index contributed by atoms with van der Waals surface area (Å²) in [7, 11) is 3.28. The van der Waals surface area contributed by atoms with Gasteiger partial charge in [0.15, 0.2) is 0 Å². The lowest BCUT2D eigenvalue weighted by Gasteiger charge is -2.27. The molecular formula is C31H39F2N3O4. The fourth-order valence-corrected chi connectivity index (χ4v) is 5.25. The number of hydrogen-bond acceptors (Lipinski definition) is 5. The van der Waals surface area contributed by atoms with Crippen LogP contribution >= 0.6 is 0 Å². The molecule has 0 radical (unpaired) electrons. The van der Waals surface area contributed by atoms with Crippen LogP contribution in [0.2, 0.25) is 0 Å². The Labute approximate surface area is 234 Å². The molecule has 2 heterocycles. The lowest BCUT2D eigenvalue weighted by atomic mass is 10.0. The fourth-order valence-electron chi connectivity index (χ4n) is 5.25. The third-order valence-corrected chi connectivity index (χ3v) is 7.32. The van der Waals surface area contributed by atoms with E-state index in [0.29, 0.717) is 35.3 Å². The summed E-state index contributed by atoms with van der Waals surface area (Å²) in [5.41, 5.74) is 1.32. The first-order valence-electron chi connectivity index (χ1n) is 14.3. The Morgan fingerprint density at radius 1 is 1.05 bits per heavy atom. The van der Waals surface area contributed by atoms with Gasteiger partial charge in [-0.3, -0.25) is 14.2 Å². The van der Waals surface area contributed by atoms with Crippen molar-refractivity contribution in [2.24, 2.45) is 0 Å². The molecule has 0 N–H and O–H groups in total. The highest BCUT2D eigenvalue weighted by Gasteiger charge is 2.30. The largest absolute Gasteiger partial charge is 0.493 e. The van der Waals surface area contributed by atoms with E-state index in [2.05, 4.69) is 11.9 Å². The zero-order valence-corrected chi connectivity index (χ0v) is 23.9. The summed E-state index contributed by atoms with van der Waals surface area (Å²) in [6.07, 6.45) is 8.94. The number of carbonyl (C=O) groups excluding carboxylic acids is 2. The number of carbonyl (C=O) groups is 2. The highest BCUT2D eigenvalue weighted by atomic mass is 19.1. The average molecular weight is 556 g/mol. The van der Waals surface area contributed by atoms with Crippen LogP contribution in [0.25, 0.3) is 11.0 Å². The van der Waals surface area contributed by atoms with Crippen molar-refractivity contribution in [3.63, 3.8) is 0 Å². The van der Waals surface area contributed by atoms with Gasteiger partial charge >= 0.3 is 0 Å². The molecule has 0 fully saturated rings. The van der Waals surface area contributed by atoms with Gasteiger partial charge in [-0.25, -0.2) is 13.8 Å². The van der Waals surface area contributed by atoms with Gasteiger partial charge < -0.3 is 14.4 Å². The molecule has 0 saturated carbocycles. The Morgan fingerprint density at radius 2 is 1.75 bits per heavy atom. The molecule has 216 valence electrons. The number of aromatic nitrogens is 2. The number of halogens is 2. The van der Waals surface area contributed by atoms with Crippen LogP contribution in [0, 0.1) is 18.6 Å². The molecule has 0 saturated heterocycles. The summed E-state index contributed by atoms with van der Waals surface area (Å²) >= 11 is 0. The number of fused-ring (bicyclic) bond motifs is 2. The van der Waals surface area contributed by atoms with E-state index in [0.717, 1.165) is 31.4 Å². The summed E-state index contributed by atoms with van der Waals surface area (Å²) in [5.74, 6) is -1.03. The van der Waals surface area contributed by atoms with Gasteiger partial charge in [-0.15, -0.1) is 0 Å². The topological polar surface area (TPSA) is 73.7 Å². The molecule has 1 aliphatic heterocycles. The van der Waals surface area contributed by atoms with Gasteiger partial charge in [0.1, 0.15) is 40.6 Å². The van der Waals surface area contributed by atoms with Crippen LogP contribution in [0.3, 0.4) is 0 Å². The normalized spacial score (nSPS) is 14.6. The molecule has 9 heteroatoms. The van der Waals surface area contributed by atoms with Gasteiger partial charge in [0.2, 0.25) is 5.91 Å². The van der Waals surface area contributed by atoms with Crippen LogP contribution in [-0.2, 0) is 0 Å². The summed E-state index contributed by atoms with van der Waals surface area (Å²) in [6, 6.07) is 5.16. The number of benzene rings is 2. The maximum atomic E-state index is 14.8. The second-order valence-electron chi connectivity index (χ2n) is 10.7. The van der Waals surface area contributed by atoms with Crippen molar-refractivity contribution in [1.82, 2.24) is 14.5 Å². The molecule has 1 aliphatic rings. The molecule has 0 aliphatic carbocycles. The van der Waals surface area contributed by atoms with Gasteiger partial charge in [0, 0.05) is 44.6 Å². The lowest BCUT2D eigenvalue weighted by molar-refractivity contribution is 0.0824. The second-order valence-corrected chi connectivity index (χ2v) is 10.7. The number of aryl methyl sites for hydroxylation is 1. The SMILES string of the molecule is CCCCCCCCCCC(=O)n1c(C)nc2c(O[C@H]3CCOc4cc(F)cc(F)c43)cc(C(=O)N(C)C)cc21. The van der Waals surface area contributed by atoms with Crippen molar-refractivity contribution >= 4 is 22.8 Å². The molecule has 1 aromatic heterocycles. The zero-order chi connectivity index (χ0) is 28.8. The highest BCUT2D eigenvalue weighted by Crippen LogP contribution is 2.40. The molecule has 2 aromatic carbocycles. The van der Waals surface area contributed by atoms with E-state index < -0.39 is 17.7 Å². The molecule has 0 bridgehead atoms. The minimum atomic E-state index is -0.782. The Kier molecular flexibility index (Phi) is 9.76. The van der Waals surface area contributed by atoms with E-state index >= 15 is 0 Å². The molecule has 0 unspecified atom stereocenters. The van der Waals surface area contributed by atoms with E-state index in [-0.39, 0.29) is 35.5 Å². The molecule has 40 heavy (non-hydrogen) atoms. The Bertz CT molecular complexity index is 1370. The van der Waals surface area contributed by atoms with E-state index in [9.17, 15) is 18.4 Å². The van der Waals surface area contributed by atoms with Crippen LogP contribution in [0.5, 0.6) is 11.5 Å². The summed E-state index contributed by atoms with van der Waals surface area (Å²) < 4.78 is 41.9. The van der Waals surface area contributed by atoms with Crippen LogP contribution in [-0.4, -0.2) is 47.0 Å². The van der Waals surface area contributed by atoms with Crippen LogP contribution in [0.15, 0.2) is 24.3 Å². The molecule has 0 spiro atoms. The first-order valence-corrected chi connectivity index (χ1v) is 14.3. The maximum absolute atomic E-state index is 14.8. The Morgan fingerprint density at radius 3 is 2.45 bits per heavy atom. The van der Waals surface area contributed by atoms with Gasteiger partial charge in [0.25, 0.3) is 5.91 Å². The fraction of sp³-hybridized carbons (Fsp3) is 0.516. The molecule has 7 nitrogen and oxygen atoms in total. The predicted octanol–water partition coefficient (Wildman–Crippen LogP) is 7.40. The number of ether oxygens (including phenoxy) is 2. The van der Waals surface area contributed by atoms with Gasteiger partial charge in [-0.1, -0.05) is 51.9 Å². The summed E-state index contributed by atoms with van der Waals surface area (Å²) in [6.45, 7) is 4.16. The third kappa shape index (κ3) is 6.62. The summed E-state index contributed by atoms with van der Waals surface area (Å²) in [4.78, 5) is 32.4. The van der Waals surface area contributed by atoms with E-state index in [4.69, 9.17) is 9.47 Å². The van der Waals surface area contributed by atoms with Crippen molar-refractivity contribution < 1.29 is 27.8 Å². The molecule has 1 amide bonds. The quantitative estimate of drug-likeness (QED) is 0.218. The third-order valence-electron chi connectivity index (χ3n) is 7.32. The van der Waals surface area contributed by atoms with E-state index in [1.165, 1.54) is 37.0 Å². The number of rotatable bonds is 12.